The third kappa shape index (κ3) is 3.03. The van der Waals surface area contributed by atoms with Gasteiger partial charge in [-0.05, 0) is 30.7 Å². The van der Waals surface area contributed by atoms with Crippen LogP contribution >= 0.6 is 0 Å². The van der Waals surface area contributed by atoms with Crippen LogP contribution in [-0.2, 0) is 16.4 Å². The zero-order valence-electron chi connectivity index (χ0n) is 12.2. The van der Waals surface area contributed by atoms with E-state index in [4.69, 9.17) is 0 Å². The number of hydrogen-bond acceptors (Lipinski definition) is 3. The van der Waals surface area contributed by atoms with Crippen molar-refractivity contribution in [3.8, 4) is 0 Å². The lowest BCUT2D eigenvalue weighted by Gasteiger charge is -2.05. The number of hydrogen-bond donors (Lipinski definition) is 1. The summed E-state index contributed by atoms with van der Waals surface area (Å²) in [6.07, 6.45) is 4.42. The minimum atomic E-state index is -3.45. The van der Waals surface area contributed by atoms with Gasteiger partial charge in [-0.3, -0.25) is 0 Å². The predicted octanol–water partition coefficient (Wildman–Crippen LogP) is 2.16. The maximum absolute atomic E-state index is 12.1. The van der Waals surface area contributed by atoms with E-state index in [1.165, 1.54) is 0 Å². The van der Waals surface area contributed by atoms with Crippen molar-refractivity contribution in [2.45, 2.75) is 18.2 Å². The number of aromatic nitrogens is 2. The average Bonchev–Trinajstić information content (AvgIpc) is 2.92. The number of sulfonamides is 1. The van der Waals surface area contributed by atoms with E-state index in [1.807, 2.05) is 35.9 Å². The van der Waals surface area contributed by atoms with Crippen LogP contribution in [0.1, 0.15) is 11.3 Å². The monoisotopic (exact) mass is 315 g/mol. The number of rotatable bonds is 5. The van der Waals surface area contributed by atoms with E-state index < -0.39 is 10.0 Å². The molecule has 0 spiro atoms. The van der Waals surface area contributed by atoms with Gasteiger partial charge < -0.3 is 4.40 Å². The fourth-order valence-corrected chi connectivity index (χ4v) is 3.37. The highest BCUT2D eigenvalue weighted by Gasteiger charge is 2.12. The summed E-state index contributed by atoms with van der Waals surface area (Å²) in [7, 11) is -3.45. The van der Waals surface area contributed by atoms with Crippen LogP contribution in [0, 0.1) is 6.92 Å². The van der Waals surface area contributed by atoms with Crippen LogP contribution in [0.2, 0.25) is 0 Å². The standard InChI is InChI=1S/C16H17N3O2S/c1-13-6-5-11-19-12-14(18-16(13)19)9-10-17-22(20,21)15-7-3-2-4-8-15/h2-8,11-12,17H,9-10H2,1H3. The number of imidazole rings is 1. The van der Waals surface area contributed by atoms with Crippen molar-refractivity contribution in [3.63, 3.8) is 0 Å². The maximum Gasteiger partial charge on any atom is 0.240 e. The van der Waals surface area contributed by atoms with Crippen molar-refractivity contribution in [3.05, 3.63) is 66.1 Å². The van der Waals surface area contributed by atoms with E-state index in [0.29, 0.717) is 13.0 Å². The molecule has 0 aliphatic carbocycles. The third-order valence-electron chi connectivity index (χ3n) is 3.45. The Morgan fingerprint density at radius 1 is 1.14 bits per heavy atom. The Balaban J connectivity index is 1.69. The molecule has 0 bridgehead atoms. The lowest BCUT2D eigenvalue weighted by molar-refractivity contribution is 0.581. The van der Waals surface area contributed by atoms with Gasteiger partial charge >= 0.3 is 0 Å². The van der Waals surface area contributed by atoms with Crippen LogP contribution in [0.5, 0.6) is 0 Å². The molecule has 1 aromatic carbocycles. The molecule has 3 rings (SSSR count). The lowest BCUT2D eigenvalue weighted by atomic mass is 10.3. The Kier molecular flexibility index (Phi) is 3.96. The van der Waals surface area contributed by atoms with Crippen LogP contribution in [0.3, 0.4) is 0 Å². The summed E-state index contributed by atoms with van der Waals surface area (Å²) in [6.45, 7) is 2.32. The summed E-state index contributed by atoms with van der Waals surface area (Å²) in [4.78, 5) is 4.81. The average molecular weight is 315 g/mol. The van der Waals surface area contributed by atoms with Gasteiger partial charge in [0.15, 0.2) is 0 Å². The number of nitrogens with one attached hydrogen (secondary N) is 1. The van der Waals surface area contributed by atoms with Crippen molar-refractivity contribution in [2.24, 2.45) is 0 Å². The summed E-state index contributed by atoms with van der Waals surface area (Å²) >= 11 is 0. The summed E-state index contributed by atoms with van der Waals surface area (Å²) in [5.74, 6) is 0. The van der Waals surface area contributed by atoms with E-state index in [1.54, 1.807) is 30.3 Å². The van der Waals surface area contributed by atoms with Crippen molar-refractivity contribution in [1.29, 1.82) is 0 Å². The van der Waals surface area contributed by atoms with Gasteiger partial charge in [0.1, 0.15) is 5.65 Å². The highest BCUT2D eigenvalue weighted by molar-refractivity contribution is 7.89. The third-order valence-corrected chi connectivity index (χ3v) is 4.93. The number of benzene rings is 1. The molecule has 0 amide bonds. The van der Waals surface area contributed by atoms with Gasteiger partial charge in [0.05, 0.1) is 10.6 Å². The molecular formula is C16H17N3O2S. The van der Waals surface area contributed by atoms with E-state index in [-0.39, 0.29) is 4.90 Å². The number of pyridine rings is 1. The molecule has 22 heavy (non-hydrogen) atoms. The lowest BCUT2D eigenvalue weighted by Crippen LogP contribution is -2.26. The predicted molar refractivity (Wildman–Crippen MR) is 85.3 cm³/mol. The van der Waals surface area contributed by atoms with Gasteiger partial charge in [0.25, 0.3) is 0 Å². The Morgan fingerprint density at radius 2 is 1.91 bits per heavy atom. The second kappa shape index (κ2) is 5.90. The summed E-state index contributed by atoms with van der Waals surface area (Å²) in [5, 5.41) is 0. The fraction of sp³-hybridized carbons (Fsp3) is 0.188. The van der Waals surface area contributed by atoms with Gasteiger partial charge in [-0.2, -0.15) is 0 Å². The van der Waals surface area contributed by atoms with Crippen LogP contribution in [0.4, 0.5) is 0 Å². The van der Waals surface area contributed by atoms with E-state index in [0.717, 1.165) is 16.9 Å². The fourth-order valence-electron chi connectivity index (χ4n) is 2.32. The Hall–Kier alpha value is -2.18. The molecule has 0 radical (unpaired) electrons. The molecule has 2 aromatic heterocycles. The summed E-state index contributed by atoms with van der Waals surface area (Å²) in [6, 6.07) is 12.3. The van der Waals surface area contributed by atoms with Crippen LogP contribution in [-0.4, -0.2) is 24.3 Å². The van der Waals surface area contributed by atoms with Crippen LogP contribution < -0.4 is 4.72 Å². The van der Waals surface area contributed by atoms with Crippen LogP contribution in [0.25, 0.3) is 5.65 Å². The smallest absolute Gasteiger partial charge is 0.240 e. The van der Waals surface area contributed by atoms with Crippen molar-refractivity contribution in [1.82, 2.24) is 14.1 Å². The minimum absolute atomic E-state index is 0.279. The van der Waals surface area contributed by atoms with Gasteiger partial charge in [-0.25, -0.2) is 18.1 Å². The number of fused-ring (bicyclic) bond motifs is 1. The molecule has 114 valence electrons. The summed E-state index contributed by atoms with van der Waals surface area (Å²) in [5.41, 5.74) is 2.87. The quantitative estimate of drug-likeness (QED) is 0.785. The SMILES string of the molecule is Cc1cccn2cc(CCNS(=O)(=O)c3ccccc3)nc12. The van der Waals surface area contributed by atoms with Gasteiger partial charge in [0, 0.05) is 25.4 Å². The summed E-state index contributed by atoms with van der Waals surface area (Å²) < 4.78 is 28.8. The van der Waals surface area contributed by atoms with Crippen molar-refractivity contribution in [2.75, 3.05) is 6.54 Å². The molecule has 0 saturated heterocycles. The highest BCUT2D eigenvalue weighted by Crippen LogP contribution is 2.11. The molecule has 0 saturated carbocycles. The topological polar surface area (TPSA) is 63.5 Å². The van der Waals surface area contributed by atoms with Gasteiger partial charge in [-0.1, -0.05) is 24.3 Å². The highest BCUT2D eigenvalue weighted by atomic mass is 32.2. The minimum Gasteiger partial charge on any atom is -0.307 e. The Labute approximate surface area is 129 Å². The molecule has 2 heterocycles. The zero-order valence-corrected chi connectivity index (χ0v) is 13.0. The second-order valence-corrected chi connectivity index (χ2v) is 6.88. The van der Waals surface area contributed by atoms with Gasteiger partial charge in [0.2, 0.25) is 10.0 Å². The first-order chi connectivity index (χ1) is 10.6. The van der Waals surface area contributed by atoms with Crippen LogP contribution in [0.15, 0.2) is 59.8 Å². The van der Waals surface area contributed by atoms with Crippen molar-refractivity contribution >= 4 is 15.7 Å². The normalized spacial score (nSPS) is 11.9. The zero-order chi connectivity index (χ0) is 15.6. The molecule has 0 unspecified atom stereocenters. The second-order valence-electron chi connectivity index (χ2n) is 5.12. The Morgan fingerprint density at radius 3 is 2.64 bits per heavy atom. The molecule has 6 heteroatoms. The first-order valence-corrected chi connectivity index (χ1v) is 8.52. The first kappa shape index (κ1) is 14.7. The number of nitrogens with zero attached hydrogens (tertiary/aromatic N) is 2. The molecule has 5 nitrogen and oxygen atoms in total. The molecular weight excluding hydrogens is 298 g/mol. The molecule has 0 fully saturated rings. The van der Waals surface area contributed by atoms with Crippen molar-refractivity contribution < 1.29 is 8.42 Å². The first-order valence-electron chi connectivity index (χ1n) is 7.04. The Bertz CT molecular complexity index is 886. The molecule has 3 aromatic rings. The maximum atomic E-state index is 12.1. The largest absolute Gasteiger partial charge is 0.307 e. The van der Waals surface area contributed by atoms with E-state index in [2.05, 4.69) is 9.71 Å². The van der Waals surface area contributed by atoms with Gasteiger partial charge in [-0.15, -0.1) is 0 Å². The van der Waals surface area contributed by atoms with E-state index >= 15 is 0 Å². The molecule has 1 N–H and O–H groups in total. The van der Waals surface area contributed by atoms with E-state index in [9.17, 15) is 8.42 Å². The molecule has 0 aliphatic rings. The molecule has 0 aliphatic heterocycles. The molecule has 0 atom stereocenters. The number of aryl methyl sites for hydroxylation is 1.